The van der Waals surface area contributed by atoms with Gasteiger partial charge in [-0.1, -0.05) is 0 Å². The summed E-state index contributed by atoms with van der Waals surface area (Å²) < 4.78 is 10.0. The highest BCUT2D eigenvalue weighted by molar-refractivity contribution is 5.90. The fourth-order valence-electron chi connectivity index (χ4n) is 2.59. The highest BCUT2D eigenvalue weighted by Crippen LogP contribution is 2.33. The Morgan fingerprint density at radius 3 is 2.00 bits per heavy atom. The van der Waals surface area contributed by atoms with Crippen molar-refractivity contribution in [1.29, 1.82) is 0 Å². The van der Waals surface area contributed by atoms with Gasteiger partial charge >= 0.3 is 11.7 Å². The Balaban J connectivity index is 1.85. The lowest BCUT2D eigenvalue weighted by Gasteiger charge is -2.11. The molecule has 3 rings (SSSR count). The van der Waals surface area contributed by atoms with Crippen molar-refractivity contribution in [1.82, 2.24) is 9.97 Å². The largest absolute Gasteiger partial charge is 0.497 e. The van der Waals surface area contributed by atoms with E-state index in [-0.39, 0.29) is 23.9 Å². The van der Waals surface area contributed by atoms with E-state index in [2.05, 4.69) is 20.6 Å². The second-order valence-electron chi connectivity index (χ2n) is 5.95. The van der Waals surface area contributed by atoms with Crippen LogP contribution >= 0.6 is 0 Å². The molecule has 0 unspecified atom stereocenters. The molecule has 3 aromatic rings. The van der Waals surface area contributed by atoms with Gasteiger partial charge in [-0.05, 0) is 55.5 Å². The highest BCUT2D eigenvalue weighted by Gasteiger charge is 2.23. The van der Waals surface area contributed by atoms with Crippen molar-refractivity contribution < 1.29 is 19.2 Å². The van der Waals surface area contributed by atoms with Crippen molar-refractivity contribution >= 4 is 34.7 Å². The van der Waals surface area contributed by atoms with Gasteiger partial charge in [0.1, 0.15) is 12.1 Å². The van der Waals surface area contributed by atoms with Gasteiger partial charge in [0.15, 0.2) is 0 Å². The lowest BCUT2D eigenvalue weighted by atomic mass is 10.2. The first-order chi connectivity index (χ1) is 14.5. The number of nitrogens with zero attached hydrogens (tertiary/aromatic N) is 3. The van der Waals surface area contributed by atoms with E-state index in [0.717, 1.165) is 0 Å². The zero-order valence-electron chi connectivity index (χ0n) is 16.3. The van der Waals surface area contributed by atoms with E-state index in [4.69, 9.17) is 9.47 Å². The maximum atomic E-state index is 11.7. The van der Waals surface area contributed by atoms with Crippen LogP contribution in [0.25, 0.3) is 0 Å². The summed E-state index contributed by atoms with van der Waals surface area (Å²) in [5, 5.41) is 17.5. The molecular formula is C20H19N5O5. The van der Waals surface area contributed by atoms with Crippen molar-refractivity contribution in [3.63, 3.8) is 0 Å². The molecule has 2 N–H and O–H groups in total. The van der Waals surface area contributed by atoms with Crippen LogP contribution in [0.1, 0.15) is 17.3 Å². The molecular weight excluding hydrogens is 390 g/mol. The molecule has 0 bridgehead atoms. The van der Waals surface area contributed by atoms with Gasteiger partial charge in [0.2, 0.25) is 11.6 Å². The van der Waals surface area contributed by atoms with Crippen LogP contribution in [0.2, 0.25) is 0 Å². The number of rotatable bonds is 8. The molecule has 2 aromatic carbocycles. The Morgan fingerprint density at radius 1 is 1.00 bits per heavy atom. The molecule has 0 saturated heterocycles. The third kappa shape index (κ3) is 4.79. The number of carbonyl (C=O) groups is 1. The van der Waals surface area contributed by atoms with Gasteiger partial charge < -0.3 is 20.1 Å². The summed E-state index contributed by atoms with van der Waals surface area (Å²) >= 11 is 0. The van der Waals surface area contributed by atoms with E-state index in [0.29, 0.717) is 22.7 Å². The van der Waals surface area contributed by atoms with Crippen LogP contribution < -0.4 is 15.4 Å². The van der Waals surface area contributed by atoms with Crippen molar-refractivity contribution in [3.8, 4) is 5.75 Å². The zero-order valence-corrected chi connectivity index (χ0v) is 16.3. The first-order valence-electron chi connectivity index (χ1n) is 8.96. The summed E-state index contributed by atoms with van der Waals surface area (Å²) in [7, 11) is 1.55. The minimum absolute atomic E-state index is 0.00916. The van der Waals surface area contributed by atoms with E-state index in [1.165, 1.54) is 6.33 Å². The second kappa shape index (κ2) is 9.32. The molecule has 30 heavy (non-hydrogen) atoms. The quantitative estimate of drug-likeness (QED) is 0.321. The number of anilines is 4. The molecule has 1 heterocycles. The van der Waals surface area contributed by atoms with Gasteiger partial charge in [-0.25, -0.2) is 14.8 Å². The summed E-state index contributed by atoms with van der Waals surface area (Å²) in [4.78, 5) is 30.9. The van der Waals surface area contributed by atoms with Crippen molar-refractivity contribution in [3.05, 3.63) is 70.5 Å². The van der Waals surface area contributed by atoms with E-state index in [9.17, 15) is 14.9 Å². The zero-order chi connectivity index (χ0) is 21.5. The number of hydrogen-bond acceptors (Lipinski definition) is 9. The Labute approximate surface area is 172 Å². The number of nitrogens with one attached hydrogen (secondary N) is 2. The predicted octanol–water partition coefficient (Wildman–Crippen LogP) is 4.06. The molecule has 10 heteroatoms. The number of benzene rings is 2. The first-order valence-corrected chi connectivity index (χ1v) is 8.96. The number of carbonyl (C=O) groups excluding carboxylic acids is 1. The maximum Gasteiger partial charge on any atom is 0.353 e. The lowest BCUT2D eigenvalue weighted by Crippen LogP contribution is -2.06. The SMILES string of the molecule is CCOC(=O)c1ccc(Nc2ncnc(Nc3ccc(OC)cc3)c2[N+](=O)[O-])cc1. The van der Waals surface area contributed by atoms with Crippen molar-refractivity contribution in [2.24, 2.45) is 0 Å². The van der Waals surface area contributed by atoms with Gasteiger partial charge in [-0.2, -0.15) is 0 Å². The number of ether oxygens (including phenoxy) is 2. The van der Waals surface area contributed by atoms with Gasteiger partial charge in [0.25, 0.3) is 0 Å². The third-order valence-electron chi connectivity index (χ3n) is 4.02. The fraction of sp³-hybridized carbons (Fsp3) is 0.150. The average molecular weight is 409 g/mol. The average Bonchev–Trinajstić information content (AvgIpc) is 2.75. The van der Waals surface area contributed by atoms with Crippen LogP contribution in [0.3, 0.4) is 0 Å². The molecule has 0 spiro atoms. The molecule has 0 saturated carbocycles. The molecule has 10 nitrogen and oxygen atoms in total. The fourth-order valence-corrected chi connectivity index (χ4v) is 2.59. The number of esters is 1. The lowest BCUT2D eigenvalue weighted by molar-refractivity contribution is -0.383. The molecule has 1 aromatic heterocycles. The standard InChI is InChI=1S/C20H19N5O5/c1-3-30-20(26)13-4-6-14(7-5-13)23-18-17(25(27)28)19(22-12-21-18)24-15-8-10-16(29-2)11-9-15/h4-12H,3H2,1-2H3,(H2,21,22,23,24). The van der Waals surface area contributed by atoms with Crippen molar-refractivity contribution in [2.75, 3.05) is 24.4 Å². The minimum atomic E-state index is -0.568. The summed E-state index contributed by atoms with van der Waals surface area (Å²) in [5.74, 6) is 0.259. The molecule has 0 aliphatic rings. The first kappa shape index (κ1) is 20.5. The maximum absolute atomic E-state index is 11.7. The van der Waals surface area contributed by atoms with Crippen LogP contribution in [-0.2, 0) is 4.74 Å². The summed E-state index contributed by atoms with van der Waals surface area (Å²) in [6, 6.07) is 13.2. The van der Waals surface area contributed by atoms with Crippen LogP contribution in [0.4, 0.5) is 28.7 Å². The van der Waals surface area contributed by atoms with E-state index in [1.54, 1.807) is 62.6 Å². The topological polar surface area (TPSA) is 129 Å². The number of hydrogen-bond donors (Lipinski definition) is 2. The van der Waals surface area contributed by atoms with Gasteiger partial charge in [0, 0.05) is 11.4 Å². The molecule has 0 aliphatic heterocycles. The highest BCUT2D eigenvalue weighted by atomic mass is 16.6. The Kier molecular flexibility index (Phi) is 6.38. The number of methoxy groups -OCH3 is 1. The monoisotopic (exact) mass is 409 g/mol. The Hall–Kier alpha value is -4.21. The molecule has 0 aliphatic carbocycles. The van der Waals surface area contributed by atoms with Crippen molar-refractivity contribution in [2.45, 2.75) is 6.92 Å². The minimum Gasteiger partial charge on any atom is -0.497 e. The molecule has 0 atom stereocenters. The Morgan fingerprint density at radius 2 is 1.53 bits per heavy atom. The third-order valence-corrected chi connectivity index (χ3v) is 4.02. The molecule has 154 valence electrons. The summed E-state index contributed by atoms with van der Waals surface area (Å²) in [5.41, 5.74) is 1.17. The Bertz CT molecular complexity index is 1040. The van der Waals surface area contributed by atoms with Gasteiger partial charge in [-0.15, -0.1) is 0 Å². The van der Waals surface area contributed by atoms with E-state index < -0.39 is 10.9 Å². The molecule has 0 amide bonds. The summed E-state index contributed by atoms with van der Waals surface area (Å²) in [6.07, 6.45) is 1.22. The van der Waals surface area contributed by atoms with Crippen LogP contribution in [-0.4, -0.2) is 34.6 Å². The molecule has 0 radical (unpaired) electrons. The van der Waals surface area contributed by atoms with E-state index >= 15 is 0 Å². The smallest absolute Gasteiger partial charge is 0.353 e. The predicted molar refractivity (Wildman–Crippen MR) is 111 cm³/mol. The number of aromatic nitrogens is 2. The van der Waals surface area contributed by atoms with Crippen LogP contribution in [0.15, 0.2) is 54.9 Å². The number of nitro groups is 1. The van der Waals surface area contributed by atoms with Gasteiger partial charge in [-0.3, -0.25) is 10.1 Å². The van der Waals surface area contributed by atoms with E-state index in [1.807, 2.05) is 0 Å². The van der Waals surface area contributed by atoms with Crippen LogP contribution in [0, 0.1) is 10.1 Å². The second-order valence-corrected chi connectivity index (χ2v) is 5.95. The van der Waals surface area contributed by atoms with Gasteiger partial charge in [0.05, 0.1) is 24.2 Å². The van der Waals surface area contributed by atoms with Crippen LogP contribution in [0.5, 0.6) is 5.75 Å². The summed E-state index contributed by atoms with van der Waals surface area (Å²) in [6.45, 7) is 2.00. The normalized spacial score (nSPS) is 10.2. The molecule has 0 fully saturated rings.